The highest BCUT2D eigenvalue weighted by molar-refractivity contribution is 6.31. The first-order valence-electron chi connectivity index (χ1n) is 11.4. The summed E-state index contributed by atoms with van der Waals surface area (Å²) in [6.07, 6.45) is 6.01. The molecular formula is C27H22Cl3FN4O. The summed E-state index contributed by atoms with van der Waals surface area (Å²) in [6.45, 7) is 2.39. The lowest BCUT2D eigenvalue weighted by molar-refractivity contribution is 0.240. The number of halogens is 4. The van der Waals surface area contributed by atoms with Gasteiger partial charge in [0, 0.05) is 65.5 Å². The van der Waals surface area contributed by atoms with Crippen LogP contribution in [0, 0.1) is 5.82 Å². The van der Waals surface area contributed by atoms with Crippen molar-refractivity contribution in [1.82, 2.24) is 19.8 Å². The van der Waals surface area contributed by atoms with Crippen molar-refractivity contribution in [2.45, 2.75) is 19.5 Å². The van der Waals surface area contributed by atoms with Crippen LogP contribution in [0.25, 0.3) is 17.0 Å². The molecule has 1 aliphatic heterocycles. The average Bonchev–Trinajstić information content (AvgIpc) is 3.17. The molecule has 9 heteroatoms. The maximum absolute atomic E-state index is 14.1. The Labute approximate surface area is 223 Å². The van der Waals surface area contributed by atoms with Crippen LogP contribution in [0.2, 0.25) is 15.2 Å². The van der Waals surface area contributed by atoms with Crippen LogP contribution in [-0.2, 0) is 19.5 Å². The number of pyridine rings is 1. The summed E-state index contributed by atoms with van der Waals surface area (Å²) in [5.74, 6) is -0.350. The van der Waals surface area contributed by atoms with Gasteiger partial charge >= 0.3 is 6.03 Å². The first kappa shape index (κ1) is 24.8. The van der Waals surface area contributed by atoms with E-state index in [4.69, 9.17) is 34.8 Å². The summed E-state index contributed by atoms with van der Waals surface area (Å²) < 4.78 is 15.8. The molecule has 0 saturated carbocycles. The molecule has 0 aliphatic carbocycles. The Morgan fingerprint density at radius 2 is 1.89 bits per heavy atom. The van der Waals surface area contributed by atoms with Gasteiger partial charge in [-0.25, -0.2) is 14.2 Å². The van der Waals surface area contributed by atoms with Crippen LogP contribution in [0.15, 0.2) is 60.8 Å². The Morgan fingerprint density at radius 3 is 2.69 bits per heavy atom. The molecule has 1 amide bonds. The molecule has 0 atom stereocenters. The van der Waals surface area contributed by atoms with E-state index in [9.17, 15) is 9.18 Å². The number of amides is 1. The third kappa shape index (κ3) is 5.27. The summed E-state index contributed by atoms with van der Waals surface area (Å²) in [5, 5.41) is 5.32. The largest absolute Gasteiger partial charge is 0.333 e. The van der Waals surface area contributed by atoms with E-state index in [2.05, 4.69) is 15.2 Å². The Bertz CT molecular complexity index is 1480. The number of carbonyl (C=O) groups excluding carboxylic acids is 1. The normalized spacial score (nSPS) is 13.9. The van der Waals surface area contributed by atoms with Gasteiger partial charge in [0.15, 0.2) is 0 Å². The van der Waals surface area contributed by atoms with Crippen LogP contribution in [0.1, 0.15) is 22.4 Å². The summed E-state index contributed by atoms with van der Waals surface area (Å²) in [4.78, 5) is 19.5. The van der Waals surface area contributed by atoms with Gasteiger partial charge in [-0.3, -0.25) is 9.47 Å². The summed E-state index contributed by atoms with van der Waals surface area (Å²) in [5.41, 5.74) is 4.23. The fourth-order valence-corrected chi connectivity index (χ4v) is 5.08. The third-order valence-electron chi connectivity index (χ3n) is 6.25. The van der Waals surface area contributed by atoms with Crippen molar-refractivity contribution in [3.8, 4) is 0 Å². The lowest BCUT2D eigenvalue weighted by atomic mass is 10.0. The van der Waals surface area contributed by atoms with Gasteiger partial charge in [-0.15, -0.1) is 0 Å². The highest BCUT2D eigenvalue weighted by Gasteiger charge is 2.26. The highest BCUT2D eigenvalue weighted by atomic mass is 35.5. The van der Waals surface area contributed by atoms with E-state index < -0.39 is 0 Å². The second-order valence-corrected chi connectivity index (χ2v) is 9.88. The first-order chi connectivity index (χ1) is 17.4. The van der Waals surface area contributed by atoms with E-state index in [1.165, 1.54) is 6.07 Å². The lowest BCUT2D eigenvalue weighted by Gasteiger charge is -2.27. The standard InChI is InChI=1S/C27H22Cl3FN4O/c28-19-5-6-24-21(13-19)22-16-34(10-1-2-18-3-4-20(29)14-23(18)31)11-8-25(22)35(24)27(36)33-15-17-7-9-32-26(30)12-17/h1-7,9,12-14H,8,10-11,15-16H2,(H,33,36)/b2-1+. The fourth-order valence-electron chi connectivity index (χ4n) is 4.55. The molecule has 2 aromatic heterocycles. The van der Waals surface area contributed by atoms with Crippen molar-refractivity contribution >= 4 is 57.8 Å². The zero-order valence-electron chi connectivity index (χ0n) is 19.1. The van der Waals surface area contributed by atoms with Crippen LogP contribution in [0.4, 0.5) is 9.18 Å². The maximum atomic E-state index is 14.1. The molecule has 0 fully saturated rings. The summed E-state index contributed by atoms with van der Waals surface area (Å²) >= 11 is 18.1. The topological polar surface area (TPSA) is 50.2 Å². The Kier molecular flexibility index (Phi) is 7.30. The van der Waals surface area contributed by atoms with E-state index in [-0.39, 0.29) is 11.8 Å². The molecule has 0 saturated heterocycles. The lowest BCUT2D eigenvalue weighted by Crippen LogP contribution is -2.34. The molecule has 4 aromatic rings. The number of aromatic nitrogens is 2. The van der Waals surface area contributed by atoms with E-state index in [1.807, 2.05) is 24.3 Å². The SMILES string of the molecule is O=C(NCc1ccnc(Cl)c1)n1c2c(c3cc(Cl)ccc31)CN(C/C=C/c1ccc(Cl)cc1F)CC2. The molecule has 5 rings (SSSR count). The Hall–Kier alpha value is -2.90. The van der Waals surface area contributed by atoms with E-state index in [0.29, 0.717) is 46.8 Å². The van der Waals surface area contributed by atoms with Gasteiger partial charge in [-0.1, -0.05) is 53.0 Å². The van der Waals surface area contributed by atoms with Gasteiger partial charge in [0.1, 0.15) is 11.0 Å². The Balaban J connectivity index is 1.37. The minimum atomic E-state index is -0.350. The quantitative estimate of drug-likeness (QED) is 0.277. The van der Waals surface area contributed by atoms with E-state index in [0.717, 1.165) is 34.3 Å². The van der Waals surface area contributed by atoms with Crippen molar-refractivity contribution in [3.63, 3.8) is 0 Å². The fraction of sp³-hybridized carbons (Fsp3) is 0.185. The predicted octanol–water partition coefficient (Wildman–Crippen LogP) is 6.97. The van der Waals surface area contributed by atoms with Crippen molar-refractivity contribution in [3.05, 3.63) is 104 Å². The number of hydrogen-bond donors (Lipinski definition) is 1. The minimum Gasteiger partial charge on any atom is -0.333 e. The molecule has 0 radical (unpaired) electrons. The molecule has 184 valence electrons. The average molecular weight is 544 g/mol. The number of fused-ring (bicyclic) bond motifs is 3. The van der Waals surface area contributed by atoms with E-state index >= 15 is 0 Å². The third-order valence-corrected chi connectivity index (χ3v) is 6.93. The van der Waals surface area contributed by atoms with Crippen LogP contribution in [0.5, 0.6) is 0 Å². The second kappa shape index (κ2) is 10.6. The van der Waals surface area contributed by atoms with Crippen LogP contribution in [-0.4, -0.2) is 33.6 Å². The number of carbonyl (C=O) groups is 1. The number of rotatable bonds is 5. The molecule has 2 aromatic carbocycles. The van der Waals surface area contributed by atoms with E-state index in [1.54, 1.807) is 41.1 Å². The monoisotopic (exact) mass is 542 g/mol. The van der Waals surface area contributed by atoms with Gasteiger partial charge < -0.3 is 5.32 Å². The number of benzene rings is 2. The Morgan fingerprint density at radius 1 is 1.08 bits per heavy atom. The van der Waals surface area contributed by atoms with Crippen LogP contribution >= 0.6 is 34.8 Å². The molecule has 0 spiro atoms. The number of nitrogens with one attached hydrogen (secondary N) is 1. The smallest absolute Gasteiger partial charge is 0.326 e. The zero-order chi connectivity index (χ0) is 25.2. The van der Waals surface area contributed by atoms with Crippen molar-refractivity contribution < 1.29 is 9.18 Å². The molecule has 3 heterocycles. The minimum absolute atomic E-state index is 0.205. The van der Waals surface area contributed by atoms with Gasteiger partial charge in [-0.2, -0.15) is 0 Å². The highest BCUT2D eigenvalue weighted by Crippen LogP contribution is 2.33. The molecule has 5 nitrogen and oxygen atoms in total. The number of hydrogen-bond acceptors (Lipinski definition) is 3. The summed E-state index contributed by atoms with van der Waals surface area (Å²) in [7, 11) is 0. The second-order valence-electron chi connectivity index (χ2n) is 8.62. The van der Waals surface area contributed by atoms with Crippen molar-refractivity contribution in [2.75, 3.05) is 13.1 Å². The molecule has 36 heavy (non-hydrogen) atoms. The zero-order valence-corrected chi connectivity index (χ0v) is 21.4. The molecular weight excluding hydrogens is 522 g/mol. The molecule has 1 N–H and O–H groups in total. The van der Waals surface area contributed by atoms with Gasteiger partial charge in [-0.05, 0) is 53.6 Å². The first-order valence-corrected chi connectivity index (χ1v) is 12.6. The van der Waals surface area contributed by atoms with Crippen LogP contribution < -0.4 is 5.32 Å². The molecule has 0 bridgehead atoms. The number of nitrogens with zero attached hydrogens (tertiary/aromatic N) is 3. The summed E-state index contributed by atoms with van der Waals surface area (Å²) in [6, 6.07) is 13.6. The van der Waals surface area contributed by atoms with Crippen molar-refractivity contribution in [2.24, 2.45) is 0 Å². The predicted molar refractivity (Wildman–Crippen MR) is 143 cm³/mol. The van der Waals surface area contributed by atoms with Crippen molar-refractivity contribution in [1.29, 1.82) is 0 Å². The van der Waals surface area contributed by atoms with Crippen LogP contribution in [0.3, 0.4) is 0 Å². The van der Waals surface area contributed by atoms with Gasteiger partial charge in [0.05, 0.1) is 5.52 Å². The molecule has 0 unspecified atom stereocenters. The maximum Gasteiger partial charge on any atom is 0.326 e. The van der Waals surface area contributed by atoms with Gasteiger partial charge in [0.25, 0.3) is 0 Å². The molecule has 1 aliphatic rings. The van der Waals surface area contributed by atoms with Gasteiger partial charge in [0.2, 0.25) is 0 Å².